The smallest absolute Gasteiger partial charge is 0.254 e. The Bertz CT molecular complexity index is 1320. The Balaban J connectivity index is 1.73. The molecule has 6 nitrogen and oxygen atoms in total. The van der Waals surface area contributed by atoms with Crippen LogP contribution in [0.5, 0.6) is 0 Å². The highest BCUT2D eigenvalue weighted by Crippen LogP contribution is 2.40. The third-order valence-corrected chi connectivity index (χ3v) is 7.81. The molecule has 0 spiro atoms. The van der Waals surface area contributed by atoms with Crippen LogP contribution in [0.15, 0.2) is 78.9 Å². The molecule has 0 aromatic heterocycles. The molecule has 3 aromatic rings. The molecule has 0 aliphatic carbocycles. The van der Waals surface area contributed by atoms with Gasteiger partial charge < -0.3 is 16.0 Å². The Morgan fingerprint density at radius 1 is 0.900 bits per heavy atom. The van der Waals surface area contributed by atoms with E-state index in [2.05, 4.69) is 24.4 Å². The summed E-state index contributed by atoms with van der Waals surface area (Å²) in [6.45, 7) is 6.59. The lowest BCUT2D eigenvalue weighted by atomic mass is 9.81. The molecule has 1 heterocycles. The van der Waals surface area contributed by atoms with Gasteiger partial charge in [0, 0.05) is 23.9 Å². The topological polar surface area (TPSA) is 92.5 Å². The van der Waals surface area contributed by atoms with Crippen molar-refractivity contribution in [1.29, 1.82) is 0 Å². The SMILES string of the molecule is CCCC[C@H](C(N)=O)[C@@H](CC(C)C)C(=O)NC1C(=O)N(CCc2ccccc2)c2ccccc2-c2ccccc21. The van der Waals surface area contributed by atoms with Crippen LogP contribution in [0.25, 0.3) is 11.1 Å². The molecule has 1 aliphatic heterocycles. The molecule has 3 amide bonds. The zero-order valence-electron chi connectivity index (χ0n) is 23.8. The van der Waals surface area contributed by atoms with Gasteiger partial charge >= 0.3 is 0 Å². The minimum atomic E-state index is -0.888. The fourth-order valence-electron chi connectivity index (χ4n) is 5.77. The maximum Gasteiger partial charge on any atom is 0.254 e. The van der Waals surface area contributed by atoms with Crippen molar-refractivity contribution >= 4 is 23.4 Å². The molecule has 3 aromatic carbocycles. The Morgan fingerprint density at radius 2 is 1.55 bits per heavy atom. The molecule has 0 radical (unpaired) electrons. The molecule has 0 fully saturated rings. The lowest BCUT2D eigenvalue weighted by Gasteiger charge is -2.30. The fraction of sp³-hybridized carbons (Fsp3) is 0.382. The number of carbonyl (C=O) groups is 3. The number of amides is 3. The Hall–Kier alpha value is -3.93. The standard InChI is InChI=1S/C34H41N3O3/c1-4-5-15-28(32(35)38)29(22-23(2)3)33(39)36-31-27-18-10-9-16-25(27)26-17-11-12-19-30(26)37(34(31)40)21-20-24-13-7-6-8-14-24/h6-14,16-19,23,28-29,31H,4-5,15,20-22H2,1-3H3,(H2,35,38)(H,36,39)/t28-,29+,31?/m0/s1. The average molecular weight is 540 g/mol. The van der Waals surface area contributed by atoms with Crippen molar-refractivity contribution in [3.63, 3.8) is 0 Å². The van der Waals surface area contributed by atoms with Crippen molar-refractivity contribution in [2.45, 2.75) is 58.9 Å². The summed E-state index contributed by atoms with van der Waals surface area (Å²) < 4.78 is 0. The van der Waals surface area contributed by atoms with Gasteiger partial charge in [-0.25, -0.2) is 0 Å². The third kappa shape index (κ3) is 6.61. The Morgan fingerprint density at radius 3 is 2.23 bits per heavy atom. The number of primary amides is 1. The number of hydrogen-bond acceptors (Lipinski definition) is 3. The molecular formula is C34H41N3O3. The highest BCUT2D eigenvalue weighted by atomic mass is 16.2. The number of benzene rings is 3. The number of nitrogens with one attached hydrogen (secondary N) is 1. The average Bonchev–Trinajstić information content (AvgIpc) is 3.04. The van der Waals surface area contributed by atoms with Crippen LogP contribution in [0.2, 0.25) is 0 Å². The monoisotopic (exact) mass is 539 g/mol. The molecule has 0 saturated carbocycles. The van der Waals surface area contributed by atoms with E-state index in [0.29, 0.717) is 25.8 Å². The summed E-state index contributed by atoms with van der Waals surface area (Å²) in [7, 11) is 0. The highest BCUT2D eigenvalue weighted by Gasteiger charge is 2.38. The summed E-state index contributed by atoms with van der Waals surface area (Å²) in [6, 6.07) is 24.8. The van der Waals surface area contributed by atoms with Gasteiger partial charge in [-0.1, -0.05) is 106 Å². The second-order valence-electron chi connectivity index (χ2n) is 11.2. The zero-order chi connectivity index (χ0) is 28.6. The molecule has 3 atom stereocenters. The summed E-state index contributed by atoms with van der Waals surface area (Å²) >= 11 is 0. The molecular weight excluding hydrogens is 498 g/mol. The number of nitrogens with two attached hydrogens (primary N) is 1. The molecule has 6 heteroatoms. The summed E-state index contributed by atoms with van der Waals surface area (Å²) in [5, 5.41) is 3.11. The highest BCUT2D eigenvalue weighted by molar-refractivity contribution is 6.06. The molecule has 40 heavy (non-hydrogen) atoms. The van der Waals surface area contributed by atoms with Crippen LogP contribution in [0, 0.1) is 17.8 Å². The largest absolute Gasteiger partial charge is 0.369 e. The molecule has 4 rings (SSSR count). The normalized spacial score (nSPS) is 16.1. The molecule has 0 saturated heterocycles. The predicted molar refractivity (Wildman–Crippen MR) is 160 cm³/mol. The van der Waals surface area contributed by atoms with Crippen molar-refractivity contribution in [2.75, 3.05) is 11.4 Å². The van der Waals surface area contributed by atoms with Crippen molar-refractivity contribution < 1.29 is 14.4 Å². The van der Waals surface area contributed by atoms with E-state index in [4.69, 9.17) is 5.73 Å². The van der Waals surface area contributed by atoms with Crippen molar-refractivity contribution in [2.24, 2.45) is 23.5 Å². The second-order valence-corrected chi connectivity index (χ2v) is 11.2. The number of nitrogens with zero attached hydrogens (tertiary/aromatic N) is 1. The number of para-hydroxylation sites is 1. The van der Waals surface area contributed by atoms with Crippen LogP contribution in [0.4, 0.5) is 5.69 Å². The van der Waals surface area contributed by atoms with Gasteiger partial charge in [-0.2, -0.15) is 0 Å². The third-order valence-electron chi connectivity index (χ3n) is 7.81. The van der Waals surface area contributed by atoms with Gasteiger partial charge in [0.15, 0.2) is 0 Å². The van der Waals surface area contributed by atoms with Crippen LogP contribution < -0.4 is 16.0 Å². The number of fused-ring (bicyclic) bond motifs is 3. The van der Waals surface area contributed by atoms with Gasteiger partial charge in [0.2, 0.25) is 11.8 Å². The number of unbranched alkanes of at least 4 members (excludes halogenated alkanes) is 1. The van der Waals surface area contributed by atoms with Crippen LogP contribution in [0.3, 0.4) is 0 Å². The van der Waals surface area contributed by atoms with Crippen molar-refractivity contribution in [1.82, 2.24) is 5.32 Å². The van der Waals surface area contributed by atoms with Crippen LogP contribution in [-0.2, 0) is 20.8 Å². The molecule has 0 bridgehead atoms. The number of carbonyl (C=O) groups excluding carboxylic acids is 3. The van der Waals surface area contributed by atoms with Gasteiger partial charge in [-0.05, 0) is 47.9 Å². The summed E-state index contributed by atoms with van der Waals surface area (Å²) in [6.07, 6.45) is 3.46. The number of rotatable bonds is 12. The quantitative estimate of drug-likeness (QED) is 0.293. The number of hydrogen-bond donors (Lipinski definition) is 2. The first-order valence-electron chi connectivity index (χ1n) is 14.4. The molecule has 3 N–H and O–H groups in total. The van der Waals surface area contributed by atoms with E-state index in [0.717, 1.165) is 40.8 Å². The predicted octanol–water partition coefficient (Wildman–Crippen LogP) is 6.05. The van der Waals surface area contributed by atoms with Gasteiger partial charge in [0.1, 0.15) is 6.04 Å². The zero-order valence-corrected chi connectivity index (χ0v) is 23.8. The second kappa shape index (κ2) is 13.4. The minimum absolute atomic E-state index is 0.183. The van der Waals surface area contributed by atoms with Gasteiger partial charge in [-0.15, -0.1) is 0 Å². The van der Waals surface area contributed by atoms with E-state index in [1.54, 1.807) is 4.90 Å². The first kappa shape index (κ1) is 29.1. The van der Waals surface area contributed by atoms with E-state index in [1.807, 2.05) is 80.6 Å². The fourth-order valence-corrected chi connectivity index (χ4v) is 5.77. The van der Waals surface area contributed by atoms with E-state index < -0.39 is 23.8 Å². The summed E-state index contributed by atoms with van der Waals surface area (Å²) in [4.78, 5) is 42.7. The molecule has 1 unspecified atom stereocenters. The van der Waals surface area contributed by atoms with Gasteiger partial charge in [-0.3, -0.25) is 14.4 Å². The van der Waals surface area contributed by atoms with Gasteiger partial charge in [0.05, 0.1) is 5.69 Å². The first-order chi connectivity index (χ1) is 19.3. The minimum Gasteiger partial charge on any atom is -0.369 e. The Labute approximate surface area is 238 Å². The van der Waals surface area contributed by atoms with Crippen LogP contribution in [0.1, 0.15) is 63.6 Å². The van der Waals surface area contributed by atoms with Crippen LogP contribution in [-0.4, -0.2) is 24.3 Å². The molecule has 1 aliphatic rings. The Kier molecular flexibility index (Phi) is 9.75. The summed E-state index contributed by atoms with van der Waals surface area (Å²) in [5.41, 5.74) is 10.4. The molecule has 210 valence electrons. The van der Waals surface area contributed by atoms with E-state index in [-0.39, 0.29) is 17.7 Å². The van der Waals surface area contributed by atoms with E-state index >= 15 is 0 Å². The van der Waals surface area contributed by atoms with Crippen molar-refractivity contribution in [3.05, 3.63) is 90.0 Å². The lowest BCUT2D eigenvalue weighted by molar-refractivity contribution is -0.136. The van der Waals surface area contributed by atoms with Crippen molar-refractivity contribution in [3.8, 4) is 11.1 Å². The number of anilines is 1. The lowest BCUT2D eigenvalue weighted by Crippen LogP contribution is -2.47. The first-order valence-corrected chi connectivity index (χ1v) is 14.4. The van der Waals surface area contributed by atoms with E-state index in [9.17, 15) is 14.4 Å². The summed E-state index contributed by atoms with van der Waals surface area (Å²) in [5.74, 6) is -1.94. The van der Waals surface area contributed by atoms with E-state index in [1.165, 1.54) is 0 Å². The maximum absolute atomic E-state index is 14.4. The van der Waals surface area contributed by atoms with Gasteiger partial charge in [0.25, 0.3) is 5.91 Å². The van der Waals surface area contributed by atoms with Crippen LogP contribution >= 0.6 is 0 Å². The maximum atomic E-state index is 14.4.